The minimum absolute atomic E-state index is 0.314. The van der Waals surface area contributed by atoms with Gasteiger partial charge in [-0.05, 0) is 55.4 Å². The second kappa shape index (κ2) is 13.8. The number of nitrogens with one attached hydrogen (secondary N) is 2. The zero-order valence-corrected chi connectivity index (χ0v) is 19.3. The van der Waals surface area contributed by atoms with Crippen LogP contribution >= 0.6 is 0 Å². The van der Waals surface area contributed by atoms with Crippen LogP contribution in [0.25, 0.3) is 0 Å². The number of hydrogen-bond donors (Lipinski definition) is 3. The number of aryl methyl sites for hydroxylation is 1. The summed E-state index contributed by atoms with van der Waals surface area (Å²) in [5.74, 6) is 1.15. The topological polar surface area (TPSA) is 69.1 Å². The Bertz CT molecular complexity index is 787. The van der Waals surface area contributed by atoms with Crippen LogP contribution in [0.15, 0.2) is 59.6 Å². The fraction of sp³-hybridized carbons (Fsp3) is 0.500. The van der Waals surface area contributed by atoms with Gasteiger partial charge in [0.05, 0.1) is 6.10 Å². The minimum atomic E-state index is 0.314. The van der Waals surface area contributed by atoms with Crippen LogP contribution in [0.4, 0.5) is 0 Å². The van der Waals surface area contributed by atoms with Crippen LogP contribution in [0.5, 0.6) is 5.75 Å². The van der Waals surface area contributed by atoms with Crippen LogP contribution in [0, 0.1) is 0 Å². The van der Waals surface area contributed by atoms with Gasteiger partial charge in [-0.3, -0.25) is 9.89 Å². The molecule has 32 heavy (non-hydrogen) atoms. The Labute approximate surface area is 192 Å². The number of phenolic OH excluding ortho intramolecular Hbond substituents is 1. The van der Waals surface area contributed by atoms with Gasteiger partial charge in [0.25, 0.3) is 0 Å². The number of benzene rings is 2. The molecular weight excluding hydrogens is 400 g/mol. The molecule has 1 aliphatic heterocycles. The molecule has 0 atom stereocenters. The quantitative estimate of drug-likeness (QED) is 0.284. The van der Waals surface area contributed by atoms with Crippen LogP contribution in [0.3, 0.4) is 0 Å². The minimum Gasteiger partial charge on any atom is -0.508 e. The molecular formula is C26H38N4O2. The highest BCUT2D eigenvalue weighted by atomic mass is 16.5. The SMILES string of the molecule is CN=C(NCCCOC1CCN(Cc2ccccc2)CC1)NCCCc1ccc(O)cc1. The molecule has 0 spiro atoms. The van der Waals surface area contributed by atoms with E-state index in [1.165, 1.54) is 11.1 Å². The van der Waals surface area contributed by atoms with Crippen LogP contribution < -0.4 is 10.6 Å². The van der Waals surface area contributed by atoms with Gasteiger partial charge in [-0.15, -0.1) is 0 Å². The van der Waals surface area contributed by atoms with Crippen molar-refractivity contribution >= 4 is 5.96 Å². The lowest BCUT2D eigenvalue weighted by molar-refractivity contribution is 0.00534. The van der Waals surface area contributed by atoms with Crippen LogP contribution in [0.2, 0.25) is 0 Å². The molecule has 1 aliphatic rings. The monoisotopic (exact) mass is 438 g/mol. The summed E-state index contributed by atoms with van der Waals surface area (Å²) >= 11 is 0. The van der Waals surface area contributed by atoms with Gasteiger partial charge in [0.2, 0.25) is 0 Å². The van der Waals surface area contributed by atoms with Crippen molar-refractivity contribution in [2.45, 2.75) is 44.8 Å². The standard InChI is InChI=1S/C26H38N4O2/c1-27-26(28-16-5-9-22-10-12-24(31)13-11-22)29-17-6-20-32-25-14-18-30(19-15-25)21-23-7-3-2-4-8-23/h2-4,7-8,10-13,25,31H,5-6,9,14-21H2,1H3,(H2,27,28,29). The third-order valence-electron chi connectivity index (χ3n) is 5.85. The maximum atomic E-state index is 9.34. The fourth-order valence-electron chi connectivity index (χ4n) is 3.99. The maximum absolute atomic E-state index is 9.34. The van der Waals surface area contributed by atoms with Crippen molar-refractivity contribution in [1.82, 2.24) is 15.5 Å². The number of rotatable bonds is 11. The number of hydrogen-bond acceptors (Lipinski definition) is 4. The number of ether oxygens (including phenoxy) is 1. The smallest absolute Gasteiger partial charge is 0.190 e. The van der Waals surface area contributed by atoms with Gasteiger partial charge in [-0.1, -0.05) is 42.5 Å². The number of piperidine rings is 1. The van der Waals surface area contributed by atoms with E-state index in [1.807, 2.05) is 12.1 Å². The molecule has 3 N–H and O–H groups in total. The highest BCUT2D eigenvalue weighted by molar-refractivity contribution is 5.79. The molecule has 1 heterocycles. The molecule has 0 saturated carbocycles. The van der Waals surface area contributed by atoms with Gasteiger partial charge < -0.3 is 20.5 Å². The third-order valence-corrected chi connectivity index (χ3v) is 5.85. The predicted molar refractivity (Wildman–Crippen MR) is 131 cm³/mol. The molecule has 2 aromatic carbocycles. The van der Waals surface area contributed by atoms with E-state index in [2.05, 4.69) is 50.9 Å². The van der Waals surface area contributed by atoms with E-state index in [4.69, 9.17) is 4.74 Å². The average Bonchev–Trinajstić information content (AvgIpc) is 2.83. The molecule has 174 valence electrons. The van der Waals surface area contributed by atoms with E-state index in [0.29, 0.717) is 11.9 Å². The maximum Gasteiger partial charge on any atom is 0.190 e. The Morgan fingerprint density at radius 2 is 1.66 bits per heavy atom. The number of aliphatic imine (C=N–C) groups is 1. The van der Waals surface area contributed by atoms with Crippen LogP contribution in [0.1, 0.15) is 36.8 Å². The van der Waals surface area contributed by atoms with Gasteiger partial charge >= 0.3 is 0 Å². The van der Waals surface area contributed by atoms with Crippen LogP contribution in [-0.4, -0.2) is 61.9 Å². The normalized spacial score (nSPS) is 15.6. The molecule has 0 amide bonds. The Kier molecular flexibility index (Phi) is 10.4. The Hall–Kier alpha value is -2.57. The first-order valence-electron chi connectivity index (χ1n) is 11.8. The van der Waals surface area contributed by atoms with Crippen molar-refractivity contribution in [3.05, 3.63) is 65.7 Å². The number of nitrogens with zero attached hydrogens (tertiary/aromatic N) is 2. The fourth-order valence-corrected chi connectivity index (χ4v) is 3.99. The van der Waals surface area contributed by atoms with E-state index in [9.17, 15) is 5.11 Å². The van der Waals surface area contributed by atoms with Gasteiger partial charge in [0, 0.05) is 46.4 Å². The van der Waals surface area contributed by atoms with E-state index in [-0.39, 0.29) is 0 Å². The molecule has 0 aliphatic carbocycles. The molecule has 0 aromatic heterocycles. The highest BCUT2D eigenvalue weighted by Crippen LogP contribution is 2.16. The van der Waals surface area contributed by atoms with Crippen LogP contribution in [-0.2, 0) is 17.7 Å². The lowest BCUT2D eigenvalue weighted by Crippen LogP contribution is -2.39. The number of phenols is 1. The van der Waals surface area contributed by atoms with Gasteiger partial charge in [0.1, 0.15) is 5.75 Å². The second-order valence-corrected chi connectivity index (χ2v) is 8.38. The number of likely N-dealkylation sites (tertiary alicyclic amines) is 1. The first-order valence-corrected chi connectivity index (χ1v) is 11.8. The Morgan fingerprint density at radius 1 is 0.969 bits per heavy atom. The number of aromatic hydroxyl groups is 1. The lowest BCUT2D eigenvalue weighted by atomic mass is 10.1. The average molecular weight is 439 g/mol. The molecule has 1 fully saturated rings. The van der Waals surface area contributed by atoms with Crippen molar-refractivity contribution < 1.29 is 9.84 Å². The Balaban J connectivity index is 1.19. The summed E-state index contributed by atoms with van der Waals surface area (Å²) in [6.07, 6.45) is 5.58. The van der Waals surface area contributed by atoms with Crippen molar-refractivity contribution in [3.63, 3.8) is 0 Å². The van der Waals surface area contributed by atoms with Gasteiger partial charge in [0.15, 0.2) is 5.96 Å². The van der Waals surface area contributed by atoms with Crippen molar-refractivity contribution in [2.75, 3.05) is 39.8 Å². The molecule has 6 nitrogen and oxygen atoms in total. The van der Waals surface area contributed by atoms with Crippen molar-refractivity contribution in [2.24, 2.45) is 4.99 Å². The molecule has 0 unspecified atom stereocenters. The summed E-state index contributed by atoms with van der Waals surface area (Å²) in [6, 6.07) is 18.1. The molecule has 3 rings (SSSR count). The zero-order chi connectivity index (χ0) is 22.4. The van der Waals surface area contributed by atoms with E-state index < -0.39 is 0 Å². The summed E-state index contributed by atoms with van der Waals surface area (Å²) in [7, 11) is 1.80. The van der Waals surface area contributed by atoms with E-state index >= 15 is 0 Å². The van der Waals surface area contributed by atoms with Crippen molar-refractivity contribution in [3.8, 4) is 5.75 Å². The number of guanidine groups is 1. The van der Waals surface area contributed by atoms with Gasteiger partial charge in [-0.2, -0.15) is 0 Å². The molecule has 0 radical (unpaired) electrons. The molecule has 1 saturated heterocycles. The highest BCUT2D eigenvalue weighted by Gasteiger charge is 2.19. The summed E-state index contributed by atoms with van der Waals surface area (Å²) in [5.41, 5.74) is 2.62. The van der Waals surface area contributed by atoms with E-state index in [0.717, 1.165) is 77.4 Å². The summed E-state index contributed by atoms with van der Waals surface area (Å²) in [5, 5.41) is 16.1. The molecule has 0 bridgehead atoms. The first kappa shape index (κ1) is 24.1. The third kappa shape index (κ3) is 8.89. The second-order valence-electron chi connectivity index (χ2n) is 8.38. The predicted octanol–water partition coefficient (Wildman–Crippen LogP) is 3.56. The molecule has 2 aromatic rings. The summed E-state index contributed by atoms with van der Waals surface area (Å²) < 4.78 is 6.11. The van der Waals surface area contributed by atoms with Crippen molar-refractivity contribution in [1.29, 1.82) is 0 Å². The first-order chi connectivity index (χ1) is 15.7. The largest absolute Gasteiger partial charge is 0.508 e. The lowest BCUT2D eigenvalue weighted by Gasteiger charge is -2.32. The summed E-state index contributed by atoms with van der Waals surface area (Å²) in [4.78, 5) is 6.81. The zero-order valence-electron chi connectivity index (χ0n) is 19.3. The summed E-state index contributed by atoms with van der Waals surface area (Å²) in [6.45, 7) is 5.76. The van der Waals surface area contributed by atoms with Gasteiger partial charge in [-0.25, -0.2) is 0 Å². The van der Waals surface area contributed by atoms with E-state index in [1.54, 1.807) is 19.2 Å². The Morgan fingerprint density at radius 3 is 2.34 bits per heavy atom. The molecule has 6 heteroatoms.